The summed E-state index contributed by atoms with van der Waals surface area (Å²) in [5.41, 5.74) is 0.0441. The van der Waals surface area contributed by atoms with Gasteiger partial charge in [-0.1, -0.05) is 0 Å². The van der Waals surface area contributed by atoms with Crippen molar-refractivity contribution in [2.24, 2.45) is 0 Å². The van der Waals surface area contributed by atoms with Gasteiger partial charge in [0.15, 0.2) is 6.61 Å². The van der Waals surface area contributed by atoms with E-state index in [1.54, 1.807) is 0 Å². The normalized spacial score (nSPS) is 14.5. The molecule has 0 radical (unpaired) electrons. The Morgan fingerprint density at radius 1 is 1.36 bits per heavy atom. The molecule has 0 spiro atoms. The number of halogens is 1. The van der Waals surface area contributed by atoms with Crippen molar-refractivity contribution in [2.45, 2.75) is 23.8 Å². The SMILES string of the molecule is CNC(=O)COC(=O)c1cc(S(=O)(=O)NC2CC2)ccc1Br. The van der Waals surface area contributed by atoms with Crippen molar-refractivity contribution >= 4 is 37.8 Å². The van der Waals surface area contributed by atoms with Crippen LogP contribution in [0.5, 0.6) is 0 Å². The van der Waals surface area contributed by atoms with E-state index < -0.39 is 28.5 Å². The third-order valence-electron chi connectivity index (χ3n) is 2.98. The van der Waals surface area contributed by atoms with Gasteiger partial charge in [0.05, 0.1) is 10.5 Å². The number of rotatable bonds is 6. The lowest BCUT2D eigenvalue weighted by Gasteiger charge is -2.09. The molecule has 0 aliphatic heterocycles. The summed E-state index contributed by atoms with van der Waals surface area (Å²) >= 11 is 3.17. The maximum absolute atomic E-state index is 12.1. The lowest BCUT2D eigenvalue weighted by atomic mass is 10.2. The minimum Gasteiger partial charge on any atom is -0.452 e. The molecule has 1 aromatic rings. The topological polar surface area (TPSA) is 102 Å². The third-order valence-corrected chi connectivity index (χ3v) is 5.19. The van der Waals surface area contributed by atoms with Crippen molar-refractivity contribution in [3.8, 4) is 0 Å². The number of carbonyl (C=O) groups is 2. The van der Waals surface area contributed by atoms with Crippen LogP contribution in [-0.4, -0.2) is 40.0 Å². The van der Waals surface area contributed by atoms with Crippen molar-refractivity contribution < 1.29 is 22.7 Å². The summed E-state index contributed by atoms with van der Waals surface area (Å²) in [6, 6.07) is 4.04. The Kier molecular flexibility index (Phi) is 5.20. The molecule has 0 unspecified atom stereocenters. The Morgan fingerprint density at radius 3 is 2.64 bits per heavy atom. The zero-order valence-electron chi connectivity index (χ0n) is 11.8. The number of ether oxygens (including phenoxy) is 1. The van der Waals surface area contributed by atoms with E-state index in [4.69, 9.17) is 4.74 Å². The molecule has 0 heterocycles. The summed E-state index contributed by atoms with van der Waals surface area (Å²) in [6.07, 6.45) is 1.63. The number of nitrogens with one attached hydrogen (secondary N) is 2. The highest BCUT2D eigenvalue weighted by molar-refractivity contribution is 9.10. The molecule has 2 rings (SSSR count). The Balaban J connectivity index is 2.19. The van der Waals surface area contributed by atoms with E-state index in [0.29, 0.717) is 4.47 Å². The zero-order valence-corrected chi connectivity index (χ0v) is 14.2. The molecule has 0 bridgehead atoms. The largest absolute Gasteiger partial charge is 0.452 e. The van der Waals surface area contributed by atoms with Gasteiger partial charge in [-0.15, -0.1) is 0 Å². The van der Waals surface area contributed by atoms with Gasteiger partial charge in [-0.05, 0) is 47.0 Å². The molecule has 1 saturated carbocycles. The van der Waals surface area contributed by atoms with Crippen LogP contribution >= 0.6 is 15.9 Å². The van der Waals surface area contributed by atoms with Gasteiger partial charge in [-0.25, -0.2) is 17.9 Å². The number of esters is 1. The fraction of sp³-hybridized carbons (Fsp3) is 0.385. The molecule has 9 heteroatoms. The first-order chi connectivity index (χ1) is 10.3. The maximum Gasteiger partial charge on any atom is 0.339 e. The Bertz CT molecular complexity index is 700. The van der Waals surface area contributed by atoms with E-state index in [1.165, 1.54) is 25.2 Å². The molecule has 7 nitrogen and oxygen atoms in total. The number of sulfonamides is 1. The van der Waals surface area contributed by atoms with Crippen LogP contribution in [0.2, 0.25) is 0 Å². The van der Waals surface area contributed by atoms with Crippen LogP contribution in [0, 0.1) is 0 Å². The van der Waals surface area contributed by atoms with E-state index >= 15 is 0 Å². The Hall–Kier alpha value is -1.45. The summed E-state index contributed by atoms with van der Waals surface area (Å²) in [7, 11) is -2.24. The first kappa shape index (κ1) is 16.9. The Labute approximate surface area is 136 Å². The highest BCUT2D eigenvalue weighted by atomic mass is 79.9. The van der Waals surface area contributed by atoms with Crippen LogP contribution < -0.4 is 10.0 Å². The fourth-order valence-electron chi connectivity index (χ4n) is 1.60. The molecule has 1 aliphatic rings. The van der Waals surface area contributed by atoms with Crippen molar-refractivity contribution in [3.63, 3.8) is 0 Å². The summed E-state index contributed by atoms with van der Waals surface area (Å²) in [6.45, 7) is -0.431. The first-order valence-corrected chi connectivity index (χ1v) is 8.80. The minimum atomic E-state index is -3.66. The van der Waals surface area contributed by atoms with Gasteiger partial charge >= 0.3 is 5.97 Å². The second-order valence-corrected chi connectivity index (χ2v) is 7.35. The molecule has 0 aromatic heterocycles. The number of hydrogen-bond acceptors (Lipinski definition) is 5. The molecule has 1 aromatic carbocycles. The van der Waals surface area contributed by atoms with Crippen LogP contribution in [0.15, 0.2) is 27.6 Å². The highest BCUT2D eigenvalue weighted by Crippen LogP contribution is 2.25. The van der Waals surface area contributed by atoms with Gasteiger partial charge in [-0.2, -0.15) is 0 Å². The van der Waals surface area contributed by atoms with Gasteiger partial charge in [0, 0.05) is 17.6 Å². The number of hydrogen-bond donors (Lipinski definition) is 2. The number of amides is 1. The molecule has 1 aliphatic carbocycles. The third kappa shape index (κ3) is 4.28. The summed E-state index contributed by atoms with van der Waals surface area (Å²) in [5.74, 6) is -1.23. The quantitative estimate of drug-likeness (QED) is 0.699. The molecule has 1 amide bonds. The standard InChI is InChI=1S/C13H15BrN2O5S/c1-15-12(17)7-21-13(18)10-6-9(4-5-11(10)14)22(19,20)16-8-2-3-8/h4-6,8,16H,2-3,7H2,1H3,(H,15,17). The molecule has 2 N–H and O–H groups in total. The van der Waals surface area contributed by atoms with Crippen molar-refractivity contribution in [3.05, 3.63) is 28.2 Å². The maximum atomic E-state index is 12.1. The van der Waals surface area contributed by atoms with Gasteiger partial charge in [0.2, 0.25) is 10.0 Å². The van der Waals surface area contributed by atoms with Crippen molar-refractivity contribution in [1.82, 2.24) is 10.0 Å². The average Bonchev–Trinajstić information content (AvgIpc) is 3.27. The van der Waals surface area contributed by atoms with E-state index in [-0.39, 0.29) is 16.5 Å². The van der Waals surface area contributed by atoms with E-state index in [1.807, 2.05) is 0 Å². The van der Waals surface area contributed by atoms with Crippen molar-refractivity contribution in [1.29, 1.82) is 0 Å². The number of likely N-dealkylation sites (N-methyl/N-ethyl adjacent to an activating group) is 1. The highest BCUT2D eigenvalue weighted by Gasteiger charge is 2.28. The van der Waals surface area contributed by atoms with Gasteiger partial charge in [0.25, 0.3) is 5.91 Å². The average molecular weight is 391 g/mol. The molecule has 1 fully saturated rings. The molecule has 120 valence electrons. The van der Waals surface area contributed by atoms with E-state index in [2.05, 4.69) is 26.0 Å². The van der Waals surface area contributed by atoms with Crippen LogP contribution in [-0.2, 0) is 19.6 Å². The van der Waals surface area contributed by atoms with Gasteiger partial charge < -0.3 is 10.1 Å². The lowest BCUT2D eigenvalue weighted by molar-refractivity contribution is -0.123. The zero-order chi connectivity index (χ0) is 16.3. The molecular weight excluding hydrogens is 376 g/mol. The van der Waals surface area contributed by atoms with Crippen molar-refractivity contribution in [2.75, 3.05) is 13.7 Å². The second-order valence-electron chi connectivity index (χ2n) is 4.79. The fourth-order valence-corrected chi connectivity index (χ4v) is 3.34. The number of carbonyl (C=O) groups excluding carboxylic acids is 2. The molecular formula is C13H15BrN2O5S. The lowest BCUT2D eigenvalue weighted by Crippen LogP contribution is -2.26. The van der Waals surface area contributed by atoms with E-state index in [9.17, 15) is 18.0 Å². The van der Waals surface area contributed by atoms with Crippen LogP contribution in [0.25, 0.3) is 0 Å². The second kappa shape index (κ2) is 6.76. The smallest absolute Gasteiger partial charge is 0.339 e. The number of benzene rings is 1. The minimum absolute atomic E-state index is 0.0190. The molecule has 0 saturated heterocycles. The predicted octanol–water partition coefficient (Wildman–Crippen LogP) is 0.793. The summed E-state index contributed by atoms with van der Waals surface area (Å²) in [5, 5.41) is 2.32. The van der Waals surface area contributed by atoms with E-state index in [0.717, 1.165) is 12.8 Å². The van der Waals surface area contributed by atoms with Crippen LogP contribution in [0.1, 0.15) is 23.2 Å². The Morgan fingerprint density at radius 2 is 2.05 bits per heavy atom. The van der Waals surface area contributed by atoms with Gasteiger partial charge in [-0.3, -0.25) is 4.79 Å². The van der Waals surface area contributed by atoms with Crippen LogP contribution in [0.4, 0.5) is 0 Å². The molecule has 0 atom stereocenters. The molecule has 22 heavy (non-hydrogen) atoms. The van der Waals surface area contributed by atoms with Crippen LogP contribution in [0.3, 0.4) is 0 Å². The summed E-state index contributed by atoms with van der Waals surface area (Å²) < 4.78 is 32.0. The van der Waals surface area contributed by atoms with Gasteiger partial charge in [0.1, 0.15) is 0 Å². The predicted molar refractivity (Wildman–Crippen MR) is 81.8 cm³/mol. The monoisotopic (exact) mass is 390 g/mol. The summed E-state index contributed by atoms with van der Waals surface area (Å²) in [4.78, 5) is 23.0. The first-order valence-electron chi connectivity index (χ1n) is 6.53.